The van der Waals surface area contributed by atoms with E-state index < -0.39 is 17.5 Å². The molecule has 0 saturated heterocycles. The molecule has 3 heterocycles. The minimum atomic E-state index is -0.598. The average molecular weight is 421 g/mol. The molecule has 0 aliphatic rings. The summed E-state index contributed by atoms with van der Waals surface area (Å²) in [5.74, 6) is -1.61. The Morgan fingerprint density at radius 2 is 1.87 bits per heavy atom. The van der Waals surface area contributed by atoms with Crippen molar-refractivity contribution in [1.29, 1.82) is 0 Å². The summed E-state index contributed by atoms with van der Waals surface area (Å²) in [5, 5.41) is 18.4. The van der Waals surface area contributed by atoms with E-state index in [1.165, 1.54) is 16.9 Å². The first-order valence-electron chi connectivity index (χ1n) is 9.34. The molecule has 31 heavy (non-hydrogen) atoms. The first kappa shape index (κ1) is 20.2. The number of aromatic nitrogens is 6. The molecular formula is C21H17F2N7O. The lowest BCUT2D eigenvalue weighted by molar-refractivity contribution is 0.0945. The van der Waals surface area contributed by atoms with E-state index in [1.807, 2.05) is 26.0 Å². The van der Waals surface area contributed by atoms with E-state index in [0.29, 0.717) is 5.69 Å². The van der Waals surface area contributed by atoms with Gasteiger partial charge in [0, 0.05) is 11.3 Å². The van der Waals surface area contributed by atoms with Gasteiger partial charge >= 0.3 is 0 Å². The summed E-state index contributed by atoms with van der Waals surface area (Å²) in [7, 11) is 0. The Kier molecular flexibility index (Phi) is 5.44. The van der Waals surface area contributed by atoms with Crippen LogP contribution in [0, 0.1) is 25.5 Å². The number of hydrogen-bond acceptors (Lipinski definition) is 6. The minimum Gasteiger partial charge on any atom is -0.345 e. The smallest absolute Gasteiger partial charge is 0.273 e. The largest absolute Gasteiger partial charge is 0.345 e. The maximum absolute atomic E-state index is 13.9. The molecule has 4 aromatic rings. The summed E-state index contributed by atoms with van der Waals surface area (Å²) in [4.78, 5) is 16.8. The SMILES string of the molecule is Cc1ccc(-n2cc(C(=O)NCc3ccc(-c4cc(F)ccc4F)nn3)nn2)c(C)n1. The zero-order valence-electron chi connectivity index (χ0n) is 16.7. The van der Waals surface area contributed by atoms with Crippen molar-refractivity contribution in [2.75, 3.05) is 0 Å². The monoisotopic (exact) mass is 421 g/mol. The second-order valence-electron chi connectivity index (χ2n) is 6.82. The molecule has 8 nitrogen and oxygen atoms in total. The van der Waals surface area contributed by atoms with Crippen molar-refractivity contribution in [2.24, 2.45) is 0 Å². The lowest BCUT2D eigenvalue weighted by Crippen LogP contribution is -2.23. The molecule has 0 atom stereocenters. The summed E-state index contributed by atoms with van der Waals surface area (Å²) in [6, 6.07) is 9.90. The standard InChI is InChI=1S/C21H17F2N7O/c1-12-3-8-20(13(2)25-12)30-11-19(28-29-30)21(31)24-10-15-5-7-18(27-26-15)16-9-14(22)4-6-17(16)23/h3-9,11H,10H2,1-2H3,(H,24,31). The molecule has 1 aromatic carbocycles. The van der Waals surface area contributed by atoms with Crippen LogP contribution in [0.4, 0.5) is 8.78 Å². The van der Waals surface area contributed by atoms with Gasteiger partial charge < -0.3 is 5.32 Å². The van der Waals surface area contributed by atoms with Crippen LogP contribution < -0.4 is 5.32 Å². The van der Waals surface area contributed by atoms with Gasteiger partial charge in [0.25, 0.3) is 5.91 Å². The second kappa shape index (κ2) is 8.34. The molecule has 0 radical (unpaired) electrons. The van der Waals surface area contributed by atoms with Crippen LogP contribution in [-0.2, 0) is 6.54 Å². The molecule has 10 heteroatoms. The van der Waals surface area contributed by atoms with Crippen LogP contribution >= 0.6 is 0 Å². The van der Waals surface area contributed by atoms with E-state index in [0.717, 1.165) is 35.3 Å². The molecule has 0 bridgehead atoms. The van der Waals surface area contributed by atoms with Crippen molar-refractivity contribution >= 4 is 5.91 Å². The maximum Gasteiger partial charge on any atom is 0.273 e. The van der Waals surface area contributed by atoms with Crippen molar-refractivity contribution in [3.8, 4) is 16.9 Å². The molecule has 0 spiro atoms. The van der Waals surface area contributed by atoms with Gasteiger partial charge in [-0.3, -0.25) is 9.78 Å². The highest BCUT2D eigenvalue weighted by Gasteiger charge is 2.14. The number of carbonyl (C=O) groups excluding carboxylic acids is 1. The molecule has 3 aromatic heterocycles. The van der Waals surface area contributed by atoms with E-state index >= 15 is 0 Å². The number of halogens is 2. The van der Waals surface area contributed by atoms with Crippen LogP contribution in [-0.4, -0.2) is 36.1 Å². The lowest BCUT2D eigenvalue weighted by Gasteiger charge is -2.05. The third-order valence-electron chi connectivity index (χ3n) is 4.52. The molecule has 0 aliphatic carbocycles. The highest BCUT2D eigenvalue weighted by atomic mass is 19.1. The number of amides is 1. The van der Waals surface area contributed by atoms with Gasteiger partial charge in [0.1, 0.15) is 11.6 Å². The summed E-state index contributed by atoms with van der Waals surface area (Å²) in [5.41, 5.74) is 3.15. The summed E-state index contributed by atoms with van der Waals surface area (Å²) >= 11 is 0. The molecule has 0 saturated carbocycles. The third kappa shape index (κ3) is 4.42. The number of nitrogens with zero attached hydrogens (tertiary/aromatic N) is 6. The first-order chi connectivity index (χ1) is 14.9. The zero-order valence-corrected chi connectivity index (χ0v) is 16.7. The number of carbonyl (C=O) groups is 1. The molecule has 4 rings (SSSR count). The van der Waals surface area contributed by atoms with E-state index in [1.54, 1.807) is 6.07 Å². The van der Waals surface area contributed by atoms with Gasteiger partial charge in [-0.25, -0.2) is 13.5 Å². The van der Waals surface area contributed by atoms with E-state index in [2.05, 4.69) is 30.8 Å². The van der Waals surface area contributed by atoms with Crippen LogP contribution in [0.15, 0.2) is 48.7 Å². The van der Waals surface area contributed by atoms with E-state index in [-0.39, 0.29) is 23.5 Å². The van der Waals surface area contributed by atoms with Gasteiger partial charge in [-0.15, -0.1) is 5.10 Å². The number of pyridine rings is 1. The van der Waals surface area contributed by atoms with Crippen molar-refractivity contribution < 1.29 is 13.6 Å². The van der Waals surface area contributed by atoms with Crippen LogP contribution in [0.5, 0.6) is 0 Å². The first-order valence-corrected chi connectivity index (χ1v) is 9.34. The molecule has 0 fully saturated rings. The normalized spacial score (nSPS) is 10.8. The number of nitrogens with one attached hydrogen (secondary N) is 1. The molecular weight excluding hydrogens is 404 g/mol. The summed E-state index contributed by atoms with van der Waals surface area (Å²) < 4.78 is 28.7. The topological polar surface area (TPSA) is 98.5 Å². The number of aryl methyl sites for hydroxylation is 2. The molecule has 1 N–H and O–H groups in total. The van der Waals surface area contributed by atoms with Gasteiger partial charge in [-0.2, -0.15) is 10.2 Å². The Bertz CT molecular complexity index is 1260. The second-order valence-corrected chi connectivity index (χ2v) is 6.82. The number of rotatable bonds is 5. The summed E-state index contributed by atoms with van der Waals surface area (Å²) in [6.07, 6.45) is 1.51. The summed E-state index contributed by atoms with van der Waals surface area (Å²) in [6.45, 7) is 3.82. The van der Waals surface area contributed by atoms with Gasteiger partial charge in [-0.1, -0.05) is 5.21 Å². The predicted molar refractivity (Wildman–Crippen MR) is 107 cm³/mol. The molecule has 1 amide bonds. The number of benzene rings is 1. The van der Waals surface area contributed by atoms with Gasteiger partial charge in [-0.05, 0) is 56.3 Å². The van der Waals surface area contributed by atoms with Crippen molar-refractivity contribution in [2.45, 2.75) is 20.4 Å². The quantitative estimate of drug-likeness (QED) is 0.532. The third-order valence-corrected chi connectivity index (χ3v) is 4.52. The highest BCUT2D eigenvalue weighted by molar-refractivity contribution is 5.91. The van der Waals surface area contributed by atoms with E-state index in [9.17, 15) is 13.6 Å². The van der Waals surface area contributed by atoms with Crippen LogP contribution in [0.25, 0.3) is 16.9 Å². The Labute approximate surface area is 176 Å². The lowest BCUT2D eigenvalue weighted by atomic mass is 10.1. The Morgan fingerprint density at radius 3 is 2.61 bits per heavy atom. The van der Waals surface area contributed by atoms with Gasteiger partial charge in [0.15, 0.2) is 5.69 Å². The Balaban J connectivity index is 1.42. The predicted octanol–water partition coefficient (Wildman–Crippen LogP) is 2.94. The fourth-order valence-electron chi connectivity index (χ4n) is 2.96. The van der Waals surface area contributed by atoms with Gasteiger partial charge in [0.05, 0.1) is 35.5 Å². The van der Waals surface area contributed by atoms with Crippen LogP contribution in [0.1, 0.15) is 27.6 Å². The Morgan fingerprint density at radius 1 is 1.03 bits per heavy atom. The van der Waals surface area contributed by atoms with Gasteiger partial charge in [0.2, 0.25) is 0 Å². The van der Waals surface area contributed by atoms with Crippen LogP contribution in [0.3, 0.4) is 0 Å². The average Bonchev–Trinajstić information content (AvgIpc) is 3.24. The maximum atomic E-state index is 13.9. The molecule has 156 valence electrons. The fourth-order valence-corrected chi connectivity index (χ4v) is 2.96. The van der Waals surface area contributed by atoms with Crippen molar-refractivity contribution in [3.63, 3.8) is 0 Å². The molecule has 0 unspecified atom stereocenters. The van der Waals surface area contributed by atoms with Crippen LogP contribution in [0.2, 0.25) is 0 Å². The highest BCUT2D eigenvalue weighted by Crippen LogP contribution is 2.21. The van der Waals surface area contributed by atoms with Crippen molar-refractivity contribution in [3.05, 3.63) is 83.1 Å². The minimum absolute atomic E-state index is 0.0144. The Hall–Kier alpha value is -4.08. The van der Waals surface area contributed by atoms with Crippen molar-refractivity contribution in [1.82, 2.24) is 35.5 Å². The zero-order chi connectivity index (χ0) is 22.0. The molecule has 0 aliphatic heterocycles. The fraction of sp³-hybridized carbons (Fsp3) is 0.143. The van der Waals surface area contributed by atoms with E-state index in [4.69, 9.17) is 0 Å². The number of hydrogen-bond donors (Lipinski definition) is 1.